The SMILES string of the molecule is CCc1nccc(OC)c1CSc1nc2c(c(=O)[nH]1)CCC2. The van der Waals surface area contributed by atoms with Crippen LogP contribution in [0.3, 0.4) is 0 Å². The molecule has 2 heterocycles. The zero-order valence-electron chi connectivity index (χ0n) is 12.8. The Kier molecular flexibility index (Phi) is 4.47. The molecule has 0 bridgehead atoms. The number of rotatable bonds is 5. The van der Waals surface area contributed by atoms with E-state index >= 15 is 0 Å². The van der Waals surface area contributed by atoms with E-state index < -0.39 is 0 Å². The maximum Gasteiger partial charge on any atom is 0.254 e. The van der Waals surface area contributed by atoms with E-state index in [-0.39, 0.29) is 5.56 Å². The van der Waals surface area contributed by atoms with Crippen molar-refractivity contribution in [2.75, 3.05) is 7.11 Å². The molecule has 0 saturated heterocycles. The summed E-state index contributed by atoms with van der Waals surface area (Å²) in [5.41, 5.74) is 3.92. The van der Waals surface area contributed by atoms with Gasteiger partial charge in [-0.25, -0.2) is 4.98 Å². The second kappa shape index (κ2) is 6.52. The third-order valence-electron chi connectivity index (χ3n) is 3.93. The van der Waals surface area contributed by atoms with Crippen molar-refractivity contribution in [1.82, 2.24) is 15.0 Å². The van der Waals surface area contributed by atoms with Gasteiger partial charge in [0.15, 0.2) is 5.16 Å². The fourth-order valence-electron chi connectivity index (χ4n) is 2.79. The first-order valence-corrected chi connectivity index (χ1v) is 8.47. The van der Waals surface area contributed by atoms with Crippen LogP contribution in [0.15, 0.2) is 22.2 Å². The van der Waals surface area contributed by atoms with Crippen molar-refractivity contribution in [3.05, 3.63) is 45.1 Å². The Hall–Kier alpha value is -1.82. The fourth-order valence-corrected chi connectivity index (χ4v) is 3.72. The quantitative estimate of drug-likeness (QED) is 0.678. The predicted octanol–water partition coefficient (Wildman–Crippen LogP) is 2.52. The van der Waals surface area contributed by atoms with Crippen LogP contribution in [0.2, 0.25) is 0 Å². The summed E-state index contributed by atoms with van der Waals surface area (Å²) in [7, 11) is 1.67. The number of thioether (sulfide) groups is 1. The average molecular weight is 317 g/mol. The van der Waals surface area contributed by atoms with E-state index in [1.165, 1.54) is 11.8 Å². The van der Waals surface area contributed by atoms with Gasteiger partial charge in [0, 0.05) is 28.8 Å². The van der Waals surface area contributed by atoms with Gasteiger partial charge in [0.2, 0.25) is 0 Å². The van der Waals surface area contributed by atoms with Crippen LogP contribution in [0.5, 0.6) is 5.75 Å². The number of H-pyrrole nitrogens is 1. The van der Waals surface area contributed by atoms with Crippen LogP contribution in [0.1, 0.15) is 35.9 Å². The maximum absolute atomic E-state index is 12.0. The first kappa shape index (κ1) is 15.1. The van der Waals surface area contributed by atoms with Gasteiger partial charge in [-0.1, -0.05) is 18.7 Å². The molecule has 1 N–H and O–H groups in total. The first-order valence-electron chi connectivity index (χ1n) is 7.48. The highest BCUT2D eigenvalue weighted by Gasteiger charge is 2.18. The minimum atomic E-state index is 0.0128. The first-order chi connectivity index (χ1) is 10.7. The molecule has 0 fully saturated rings. The van der Waals surface area contributed by atoms with Crippen LogP contribution in [-0.2, 0) is 25.0 Å². The lowest BCUT2D eigenvalue weighted by molar-refractivity contribution is 0.410. The maximum atomic E-state index is 12.0. The monoisotopic (exact) mass is 317 g/mol. The zero-order chi connectivity index (χ0) is 15.5. The van der Waals surface area contributed by atoms with Gasteiger partial charge in [0.05, 0.1) is 12.8 Å². The number of aromatic amines is 1. The molecule has 0 radical (unpaired) electrons. The Bertz CT molecular complexity index is 720. The Labute approximate surface area is 133 Å². The second-order valence-electron chi connectivity index (χ2n) is 5.23. The van der Waals surface area contributed by atoms with Crippen molar-refractivity contribution in [1.29, 1.82) is 0 Å². The standard InChI is InChI=1S/C16H19N3O2S/c1-3-12-11(14(21-2)7-8-17-12)9-22-16-18-13-6-4-5-10(13)15(20)19-16/h7-8H,3-6,9H2,1-2H3,(H,18,19,20). The van der Waals surface area contributed by atoms with Crippen molar-refractivity contribution in [3.63, 3.8) is 0 Å². The van der Waals surface area contributed by atoms with E-state index in [4.69, 9.17) is 4.74 Å². The highest BCUT2D eigenvalue weighted by molar-refractivity contribution is 7.98. The smallest absolute Gasteiger partial charge is 0.254 e. The number of hydrogen-bond acceptors (Lipinski definition) is 5. The van der Waals surface area contributed by atoms with Crippen LogP contribution in [0.4, 0.5) is 0 Å². The van der Waals surface area contributed by atoms with Gasteiger partial charge in [-0.3, -0.25) is 9.78 Å². The molecule has 22 heavy (non-hydrogen) atoms. The Balaban J connectivity index is 1.84. The minimum absolute atomic E-state index is 0.0128. The number of ether oxygens (including phenoxy) is 1. The number of methoxy groups -OCH3 is 1. The van der Waals surface area contributed by atoms with Gasteiger partial charge in [0.25, 0.3) is 5.56 Å². The molecule has 1 aliphatic carbocycles. The van der Waals surface area contributed by atoms with Gasteiger partial charge >= 0.3 is 0 Å². The summed E-state index contributed by atoms with van der Waals surface area (Å²) in [5.74, 6) is 1.52. The summed E-state index contributed by atoms with van der Waals surface area (Å²) >= 11 is 1.53. The van der Waals surface area contributed by atoms with Crippen molar-refractivity contribution in [2.24, 2.45) is 0 Å². The summed E-state index contributed by atoms with van der Waals surface area (Å²) in [6.45, 7) is 2.07. The van der Waals surface area contributed by atoms with Crippen LogP contribution in [-0.4, -0.2) is 22.1 Å². The number of fused-ring (bicyclic) bond motifs is 1. The lowest BCUT2D eigenvalue weighted by atomic mass is 10.1. The molecule has 2 aromatic heterocycles. The Morgan fingerprint density at radius 1 is 1.41 bits per heavy atom. The molecule has 6 heteroatoms. The summed E-state index contributed by atoms with van der Waals surface area (Å²) in [5, 5.41) is 0.679. The molecule has 0 aliphatic heterocycles. The number of aromatic nitrogens is 3. The van der Waals surface area contributed by atoms with Crippen molar-refractivity contribution in [3.8, 4) is 5.75 Å². The van der Waals surface area contributed by atoms with Gasteiger partial charge in [0.1, 0.15) is 5.75 Å². The summed E-state index contributed by atoms with van der Waals surface area (Å²) in [4.78, 5) is 23.9. The second-order valence-corrected chi connectivity index (χ2v) is 6.19. The number of hydrogen-bond donors (Lipinski definition) is 1. The van der Waals surface area contributed by atoms with Crippen LogP contribution >= 0.6 is 11.8 Å². The molecule has 0 saturated carbocycles. The minimum Gasteiger partial charge on any atom is -0.496 e. The lowest BCUT2D eigenvalue weighted by Crippen LogP contribution is -2.15. The van der Waals surface area contributed by atoms with E-state index in [0.29, 0.717) is 10.9 Å². The molecule has 0 spiro atoms. The molecular weight excluding hydrogens is 298 g/mol. The molecule has 0 amide bonds. The highest BCUT2D eigenvalue weighted by Crippen LogP contribution is 2.28. The molecule has 3 rings (SSSR count). The van der Waals surface area contributed by atoms with Crippen LogP contribution in [0, 0.1) is 0 Å². The van der Waals surface area contributed by atoms with Gasteiger partial charge in [-0.2, -0.15) is 0 Å². The van der Waals surface area contributed by atoms with Crippen molar-refractivity contribution < 1.29 is 4.74 Å². The molecule has 2 aromatic rings. The molecular formula is C16H19N3O2S. The molecule has 1 aliphatic rings. The molecule has 0 unspecified atom stereocenters. The third kappa shape index (κ3) is 2.88. The summed E-state index contributed by atoms with van der Waals surface area (Å²) in [6, 6.07) is 1.87. The number of aryl methyl sites for hydroxylation is 2. The lowest BCUT2D eigenvalue weighted by Gasteiger charge is -2.11. The van der Waals surface area contributed by atoms with Crippen LogP contribution < -0.4 is 10.3 Å². The van der Waals surface area contributed by atoms with Crippen molar-refractivity contribution >= 4 is 11.8 Å². The van der Waals surface area contributed by atoms with Crippen LogP contribution in [0.25, 0.3) is 0 Å². The zero-order valence-corrected chi connectivity index (χ0v) is 13.6. The Morgan fingerprint density at radius 2 is 2.27 bits per heavy atom. The number of nitrogens with one attached hydrogen (secondary N) is 1. The predicted molar refractivity (Wildman–Crippen MR) is 86.6 cm³/mol. The molecule has 0 atom stereocenters. The van der Waals surface area contributed by atoms with Gasteiger partial charge in [-0.05, 0) is 31.7 Å². The number of pyridine rings is 1. The summed E-state index contributed by atoms with van der Waals surface area (Å²) in [6.07, 6.45) is 5.39. The normalized spacial score (nSPS) is 13.2. The van der Waals surface area contributed by atoms with Gasteiger partial charge in [-0.15, -0.1) is 0 Å². The van der Waals surface area contributed by atoms with E-state index in [1.54, 1.807) is 13.3 Å². The fraction of sp³-hybridized carbons (Fsp3) is 0.438. The third-order valence-corrected chi connectivity index (χ3v) is 4.83. The molecule has 0 aromatic carbocycles. The van der Waals surface area contributed by atoms with E-state index in [9.17, 15) is 4.79 Å². The topological polar surface area (TPSA) is 67.9 Å². The average Bonchev–Trinajstić information content (AvgIpc) is 3.01. The van der Waals surface area contributed by atoms with E-state index in [1.807, 2.05) is 6.07 Å². The molecule has 5 nitrogen and oxygen atoms in total. The number of nitrogens with zero attached hydrogens (tertiary/aromatic N) is 2. The van der Waals surface area contributed by atoms with Gasteiger partial charge < -0.3 is 9.72 Å². The van der Waals surface area contributed by atoms with Crippen molar-refractivity contribution in [2.45, 2.75) is 43.5 Å². The highest BCUT2D eigenvalue weighted by atomic mass is 32.2. The van der Waals surface area contributed by atoms with E-state index in [2.05, 4.69) is 21.9 Å². The summed E-state index contributed by atoms with van der Waals surface area (Å²) < 4.78 is 5.43. The largest absolute Gasteiger partial charge is 0.496 e. The Morgan fingerprint density at radius 3 is 3.05 bits per heavy atom. The molecule has 116 valence electrons. The van der Waals surface area contributed by atoms with E-state index in [0.717, 1.165) is 53.9 Å².